The van der Waals surface area contributed by atoms with Crippen molar-refractivity contribution in [2.75, 3.05) is 0 Å². The number of pyridine rings is 1. The summed E-state index contributed by atoms with van der Waals surface area (Å²) in [6.45, 7) is 9.90. The molecule has 1 N–H and O–H groups in total. The van der Waals surface area contributed by atoms with E-state index in [2.05, 4.69) is 24.1 Å². The summed E-state index contributed by atoms with van der Waals surface area (Å²) in [5.74, 6) is 1.14. The Balaban J connectivity index is 2.15. The van der Waals surface area contributed by atoms with Gasteiger partial charge in [0.2, 0.25) is 0 Å². The van der Waals surface area contributed by atoms with Crippen molar-refractivity contribution in [3.8, 4) is 17.1 Å². The highest BCUT2D eigenvalue weighted by molar-refractivity contribution is 5.96. The number of carbonyl (C=O) groups excluding carboxylic acids is 1. The molecule has 0 aliphatic heterocycles. The molecule has 0 saturated carbocycles. The Morgan fingerprint density at radius 3 is 2.43 bits per heavy atom. The van der Waals surface area contributed by atoms with E-state index in [-0.39, 0.29) is 23.2 Å². The minimum absolute atomic E-state index is 0.189. The Labute approximate surface area is 164 Å². The van der Waals surface area contributed by atoms with Gasteiger partial charge in [0.15, 0.2) is 0 Å². The topological polar surface area (TPSA) is 59.8 Å². The standard InChI is InChI=1S/C22H25FN4O/c1-14(2)20-24-10-11-27(20)19-13-16(21(28)26-22(3,4)5)12-18(25-19)15-6-8-17(23)9-7-15/h6-14H,1-5H3,(H,26,28). The van der Waals surface area contributed by atoms with Crippen LogP contribution in [-0.4, -0.2) is 26.0 Å². The van der Waals surface area contributed by atoms with Crippen molar-refractivity contribution < 1.29 is 9.18 Å². The molecular formula is C22H25FN4O. The number of hydrogen-bond acceptors (Lipinski definition) is 3. The third kappa shape index (κ3) is 4.44. The van der Waals surface area contributed by atoms with Crippen LogP contribution in [0.2, 0.25) is 0 Å². The van der Waals surface area contributed by atoms with E-state index in [1.807, 2.05) is 31.5 Å². The lowest BCUT2D eigenvalue weighted by molar-refractivity contribution is 0.0919. The monoisotopic (exact) mass is 380 g/mol. The molecular weight excluding hydrogens is 355 g/mol. The van der Waals surface area contributed by atoms with Crippen LogP contribution in [0.25, 0.3) is 17.1 Å². The fourth-order valence-corrected chi connectivity index (χ4v) is 2.89. The molecule has 0 spiro atoms. The number of imidazole rings is 1. The van der Waals surface area contributed by atoms with Crippen LogP contribution in [0.4, 0.5) is 4.39 Å². The third-order valence-electron chi connectivity index (χ3n) is 4.14. The summed E-state index contributed by atoms with van der Waals surface area (Å²) in [6, 6.07) is 9.56. The number of halogens is 1. The van der Waals surface area contributed by atoms with E-state index in [4.69, 9.17) is 4.98 Å². The van der Waals surface area contributed by atoms with Gasteiger partial charge in [0.1, 0.15) is 17.5 Å². The van der Waals surface area contributed by atoms with Gasteiger partial charge in [0, 0.05) is 35.0 Å². The predicted molar refractivity (Wildman–Crippen MR) is 108 cm³/mol. The maximum atomic E-state index is 13.3. The van der Waals surface area contributed by atoms with Crippen molar-refractivity contribution in [1.29, 1.82) is 0 Å². The molecule has 0 aliphatic rings. The van der Waals surface area contributed by atoms with Gasteiger partial charge in [-0.3, -0.25) is 9.36 Å². The molecule has 2 heterocycles. The lowest BCUT2D eigenvalue weighted by Crippen LogP contribution is -2.40. The number of benzene rings is 1. The number of carbonyl (C=O) groups is 1. The highest BCUT2D eigenvalue weighted by Gasteiger charge is 2.19. The third-order valence-corrected chi connectivity index (χ3v) is 4.14. The minimum Gasteiger partial charge on any atom is -0.347 e. The van der Waals surface area contributed by atoms with E-state index in [0.717, 1.165) is 11.4 Å². The fourth-order valence-electron chi connectivity index (χ4n) is 2.89. The average molecular weight is 380 g/mol. The molecule has 2 aromatic heterocycles. The molecule has 0 aliphatic carbocycles. The van der Waals surface area contributed by atoms with Crippen LogP contribution in [0.15, 0.2) is 48.8 Å². The number of rotatable bonds is 4. The molecule has 1 amide bonds. The molecule has 3 rings (SSSR count). The molecule has 0 saturated heterocycles. The van der Waals surface area contributed by atoms with Crippen molar-refractivity contribution in [3.05, 3.63) is 66.0 Å². The van der Waals surface area contributed by atoms with Gasteiger partial charge in [0.05, 0.1) is 5.69 Å². The zero-order valence-corrected chi connectivity index (χ0v) is 16.8. The average Bonchev–Trinajstić information content (AvgIpc) is 3.10. The zero-order chi connectivity index (χ0) is 20.5. The number of amides is 1. The lowest BCUT2D eigenvalue weighted by atomic mass is 10.1. The van der Waals surface area contributed by atoms with Crippen molar-refractivity contribution in [2.24, 2.45) is 0 Å². The molecule has 0 fully saturated rings. The first-order valence-electron chi connectivity index (χ1n) is 9.28. The molecule has 146 valence electrons. The molecule has 5 nitrogen and oxygen atoms in total. The van der Waals surface area contributed by atoms with Crippen molar-refractivity contribution in [3.63, 3.8) is 0 Å². The van der Waals surface area contributed by atoms with E-state index in [1.165, 1.54) is 12.1 Å². The summed E-state index contributed by atoms with van der Waals surface area (Å²) in [7, 11) is 0. The largest absolute Gasteiger partial charge is 0.347 e. The molecule has 0 radical (unpaired) electrons. The van der Waals surface area contributed by atoms with Gasteiger partial charge in [-0.05, 0) is 57.2 Å². The number of aromatic nitrogens is 3. The Morgan fingerprint density at radius 2 is 1.82 bits per heavy atom. The number of nitrogens with one attached hydrogen (secondary N) is 1. The van der Waals surface area contributed by atoms with Gasteiger partial charge in [-0.2, -0.15) is 0 Å². The maximum absolute atomic E-state index is 13.3. The summed E-state index contributed by atoms with van der Waals surface area (Å²) in [6.07, 6.45) is 3.55. The SMILES string of the molecule is CC(C)c1nccn1-c1cc(C(=O)NC(C)(C)C)cc(-c2ccc(F)cc2)n1. The molecule has 1 aromatic carbocycles. The minimum atomic E-state index is -0.366. The second-order valence-electron chi connectivity index (χ2n) is 8.12. The number of hydrogen-bond donors (Lipinski definition) is 1. The van der Waals surface area contributed by atoms with Crippen molar-refractivity contribution in [1.82, 2.24) is 19.9 Å². The molecule has 28 heavy (non-hydrogen) atoms. The highest BCUT2D eigenvalue weighted by Crippen LogP contribution is 2.24. The summed E-state index contributed by atoms with van der Waals surface area (Å²) in [4.78, 5) is 21.9. The summed E-state index contributed by atoms with van der Waals surface area (Å²) in [5.41, 5.74) is 1.45. The molecule has 0 atom stereocenters. The van der Waals surface area contributed by atoms with Crippen LogP contribution < -0.4 is 5.32 Å². The first-order chi connectivity index (χ1) is 13.1. The Kier molecular flexibility index (Phi) is 5.31. The predicted octanol–water partition coefficient (Wildman–Crippen LogP) is 4.73. The second kappa shape index (κ2) is 7.54. The maximum Gasteiger partial charge on any atom is 0.251 e. The first-order valence-corrected chi connectivity index (χ1v) is 9.28. The summed E-state index contributed by atoms with van der Waals surface area (Å²) < 4.78 is 15.2. The van der Waals surface area contributed by atoms with Crippen LogP contribution in [0.5, 0.6) is 0 Å². The smallest absolute Gasteiger partial charge is 0.251 e. The van der Waals surface area contributed by atoms with Crippen LogP contribution in [0.3, 0.4) is 0 Å². The Bertz CT molecular complexity index is 985. The van der Waals surface area contributed by atoms with E-state index in [1.54, 1.807) is 30.5 Å². The van der Waals surface area contributed by atoms with Gasteiger partial charge in [0.25, 0.3) is 5.91 Å². The zero-order valence-electron chi connectivity index (χ0n) is 16.8. The first kappa shape index (κ1) is 19.7. The van der Waals surface area contributed by atoms with Crippen molar-refractivity contribution >= 4 is 5.91 Å². The van der Waals surface area contributed by atoms with Crippen LogP contribution in [-0.2, 0) is 0 Å². The number of nitrogens with zero attached hydrogens (tertiary/aromatic N) is 3. The highest BCUT2D eigenvalue weighted by atomic mass is 19.1. The normalized spacial score (nSPS) is 11.7. The fraction of sp³-hybridized carbons (Fsp3) is 0.318. The van der Waals surface area contributed by atoms with Crippen LogP contribution in [0, 0.1) is 5.82 Å². The van der Waals surface area contributed by atoms with Gasteiger partial charge >= 0.3 is 0 Å². The van der Waals surface area contributed by atoms with E-state index < -0.39 is 0 Å². The molecule has 0 bridgehead atoms. The Morgan fingerprint density at radius 1 is 1.14 bits per heavy atom. The molecule has 6 heteroatoms. The molecule has 0 unspecified atom stereocenters. The van der Waals surface area contributed by atoms with Gasteiger partial charge < -0.3 is 5.32 Å². The molecule has 3 aromatic rings. The lowest BCUT2D eigenvalue weighted by Gasteiger charge is -2.21. The van der Waals surface area contributed by atoms with Gasteiger partial charge in [-0.25, -0.2) is 14.4 Å². The van der Waals surface area contributed by atoms with E-state index in [9.17, 15) is 9.18 Å². The second-order valence-corrected chi connectivity index (χ2v) is 8.12. The van der Waals surface area contributed by atoms with Gasteiger partial charge in [-0.1, -0.05) is 13.8 Å². The van der Waals surface area contributed by atoms with Crippen molar-refractivity contribution in [2.45, 2.75) is 46.1 Å². The van der Waals surface area contributed by atoms with E-state index in [0.29, 0.717) is 17.1 Å². The van der Waals surface area contributed by atoms with Crippen LogP contribution >= 0.6 is 0 Å². The van der Waals surface area contributed by atoms with E-state index >= 15 is 0 Å². The van der Waals surface area contributed by atoms with Crippen LogP contribution in [0.1, 0.15) is 56.7 Å². The summed E-state index contributed by atoms with van der Waals surface area (Å²) >= 11 is 0. The quantitative estimate of drug-likeness (QED) is 0.712. The Hall–Kier alpha value is -3.02. The summed E-state index contributed by atoms with van der Waals surface area (Å²) in [5, 5.41) is 2.98. The van der Waals surface area contributed by atoms with Gasteiger partial charge in [-0.15, -0.1) is 0 Å².